The van der Waals surface area contributed by atoms with Crippen molar-refractivity contribution in [3.8, 4) is 11.1 Å². The number of unbranched alkanes of at least 4 members (excludes halogenated alkanes) is 10. The topological polar surface area (TPSA) is 96.8 Å². The van der Waals surface area contributed by atoms with Crippen LogP contribution in [-0.2, 0) is 22.6 Å². The van der Waals surface area contributed by atoms with E-state index in [1.807, 2.05) is 48.5 Å². The van der Waals surface area contributed by atoms with Crippen molar-refractivity contribution in [2.24, 2.45) is 5.92 Å². The van der Waals surface area contributed by atoms with Gasteiger partial charge in [-0.25, -0.2) is 4.98 Å². The second-order valence-electron chi connectivity index (χ2n) is 16.4. The molecule has 1 saturated heterocycles. The van der Waals surface area contributed by atoms with E-state index in [4.69, 9.17) is 9.47 Å². The lowest BCUT2D eigenvalue weighted by Crippen LogP contribution is -2.45. The fraction of sp³-hybridized carbons (Fsp3) is 0.471. The maximum atomic E-state index is 13.0. The van der Waals surface area contributed by atoms with Gasteiger partial charge in [0.2, 0.25) is 0 Å². The van der Waals surface area contributed by atoms with Crippen molar-refractivity contribution in [3.63, 3.8) is 0 Å². The fourth-order valence-corrected chi connectivity index (χ4v) is 8.14. The summed E-state index contributed by atoms with van der Waals surface area (Å²) in [5.41, 5.74) is 7.87. The molecule has 6 rings (SSSR count). The van der Waals surface area contributed by atoms with Crippen LogP contribution < -0.4 is 5.32 Å². The molecule has 1 fully saturated rings. The van der Waals surface area contributed by atoms with E-state index in [2.05, 4.69) is 89.5 Å². The Morgan fingerprint density at radius 2 is 1.34 bits per heavy atom. The number of aliphatic hydroxyl groups excluding tert-OH is 1. The van der Waals surface area contributed by atoms with Gasteiger partial charge in [0, 0.05) is 24.6 Å². The van der Waals surface area contributed by atoms with Gasteiger partial charge >= 0.3 is 0 Å². The largest absolute Gasteiger partial charge is 0.392 e. The Kier molecular flexibility index (Phi) is 17.5. The molecule has 5 aromatic rings. The number of carbonyl (C=O) groups excluding carboxylic acids is 1. The van der Waals surface area contributed by atoms with Gasteiger partial charge in [0.15, 0.2) is 6.29 Å². The van der Waals surface area contributed by atoms with E-state index in [0.29, 0.717) is 17.8 Å². The molecule has 0 bridgehead atoms. The molecule has 0 saturated carbocycles. The first-order chi connectivity index (χ1) is 28.9. The van der Waals surface area contributed by atoms with Gasteiger partial charge < -0.3 is 24.8 Å². The van der Waals surface area contributed by atoms with Crippen LogP contribution in [0.15, 0.2) is 103 Å². The average molecular weight is 799 g/mol. The number of hydrogen-bond donors (Lipinski definition) is 2. The zero-order chi connectivity index (χ0) is 41.2. The first-order valence-electron chi connectivity index (χ1n) is 22.4. The number of nitrogens with zero attached hydrogens (tertiary/aromatic N) is 3. The van der Waals surface area contributed by atoms with Gasteiger partial charge in [-0.1, -0.05) is 164 Å². The third-order valence-corrected chi connectivity index (χ3v) is 11.8. The van der Waals surface area contributed by atoms with Gasteiger partial charge in [-0.2, -0.15) is 0 Å². The molecule has 0 spiro atoms. The van der Waals surface area contributed by atoms with E-state index < -0.39 is 6.29 Å². The van der Waals surface area contributed by atoms with Gasteiger partial charge in [-0.15, -0.1) is 0 Å². The van der Waals surface area contributed by atoms with Crippen molar-refractivity contribution in [2.45, 2.75) is 129 Å². The lowest BCUT2D eigenvalue weighted by atomic mass is 9.89. The van der Waals surface area contributed by atoms with Crippen LogP contribution in [-0.4, -0.2) is 51.6 Å². The molecule has 8 nitrogen and oxygen atoms in total. The summed E-state index contributed by atoms with van der Waals surface area (Å²) in [6, 6.07) is 32.5. The van der Waals surface area contributed by atoms with E-state index in [0.717, 1.165) is 58.5 Å². The molecule has 2 heterocycles. The number of fused-ring (bicyclic) bond motifs is 1. The van der Waals surface area contributed by atoms with Crippen molar-refractivity contribution < 1.29 is 19.4 Å². The number of benzene rings is 4. The summed E-state index contributed by atoms with van der Waals surface area (Å²) >= 11 is 0. The van der Waals surface area contributed by atoms with Crippen LogP contribution in [0.2, 0.25) is 0 Å². The minimum absolute atomic E-state index is 0.0105. The number of hydrogen-bond acceptors (Lipinski definition) is 7. The molecular formula is C51H66N4O4. The molecule has 1 aliphatic rings. The summed E-state index contributed by atoms with van der Waals surface area (Å²) < 4.78 is 13.8. The fourth-order valence-electron chi connectivity index (χ4n) is 8.14. The Morgan fingerprint density at radius 3 is 2.02 bits per heavy atom. The maximum Gasteiger partial charge on any atom is 0.271 e. The number of ether oxygens (including phenoxy) is 2. The first-order valence-corrected chi connectivity index (χ1v) is 22.4. The maximum absolute atomic E-state index is 13.0. The molecule has 4 atom stereocenters. The number of para-hydroxylation sites is 2. The minimum atomic E-state index is -0.516. The SMILES string of the molecule is CCCCCCCCN(CCCCCCCC)CC1OC(c2ccc(-c3cccc(CNC(=O)c4cnc5ccccc5n4)c3)cc2)OC(c2ccc(CO)cc2)C1C. The smallest absolute Gasteiger partial charge is 0.271 e. The van der Waals surface area contributed by atoms with Crippen molar-refractivity contribution in [2.75, 3.05) is 19.6 Å². The number of amides is 1. The van der Waals surface area contributed by atoms with Crippen LogP contribution in [0.4, 0.5) is 0 Å². The van der Waals surface area contributed by atoms with E-state index >= 15 is 0 Å². The summed E-state index contributed by atoms with van der Waals surface area (Å²) in [7, 11) is 0. The predicted molar refractivity (Wildman–Crippen MR) is 239 cm³/mol. The second-order valence-corrected chi connectivity index (χ2v) is 16.4. The molecule has 4 aromatic carbocycles. The third kappa shape index (κ3) is 13.0. The summed E-state index contributed by atoms with van der Waals surface area (Å²) in [6.45, 7) is 10.3. The van der Waals surface area contributed by atoms with E-state index in [-0.39, 0.29) is 30.6 Å². The van der Waals surface area contributed by atoms with Crippen LogP contribution in [0.25, 0.3) is 22.2 Å². The van der Waals surface area contributed by atoms with Gasteiger partial charge in [-0.05, 0) is 71.9 Å². The van der Waals surface area contributed by atoms with Gasteiger partial charge in [0.25, 0.3) is 5.91 Å². The summed E-state index contributed by atoms with van der Waals surface area (Å²) in [5.74, 6) is -0.118. The van der Waals surface area contributed by atoms with E-state index in [1.54, 1.807) is 0 Å². The number of nitrogens with one attached hydrogen (secondary N) is 1. The molecule has 0 radical (unpaired) electrons. The van der Waals surface area contributed by atoms with Crippen LogP contribution in [0.5, 0.6) is 0 Å². The Bertz CT molecular complexity index is 1990. The zero-order valence-electron chi connectivity index (χ0n) is 35.7. The quantitative estimate of drug-likeness (QED) is 0.0635. The Hall–Kier alpha value is -4.47. The molecule has 1 amide bonds. The molecule has 2 N–H and O–H groups in total. The molecule has 4 unspecified atom stereocenters. The lowest BCUT2D eigenvalue weighted by Gasteiger charge is -2.43. The van der Waals surface area contributed by atoms with Crippen LogP contribution in [0.3, 0.4) is 0 Å². The van der Waals surface area contributed by atoms with E-state index in [9.17, 15) is 9.90 Å². The highest BCUT2D eigenvalue weighted by atomic mass is 16.7. The van der Waals surface area contributed by atoms with Gasteiger partial charge in [-0.3, -0.25) is 9.78 Å². The molecule has 1 aromatic heterocycles. The van der Waals surface area contributed by atoms with Crippen LogP contribution >= 0.6 is 0 Å². The Morgan fingerprint density at radius 1 is 0.695 bits per heavy atom. The molecule has 0 aliphatic carbocycles. The number of rotatable bonds is 23. The zero-order valence-corrected chi connectivity index (χ0v) is 35.7. The molecule has 8 heteroatoms. The molecule has 314 valence electrons. The van der Waals surface area contributed by atoms with E-state index in [1.165, 1.54) is 83.2 Å². The standard InChI is InChI=1S/C51H66N4O4/c1-4-6-8-10-12-16-31-55(32-17-13-11-9-7-5-2)36-48-38(3)49(42-25-23-39(37-56)24-26-42)59-51(58-48)43-29-27-41(28-30-43)44-20-18-19-40(33-44)34-53-50(57)47-35-52-45-21-14-15-22-46(45)54-47/h14-15,18-30,33,35,38,48-49,51,56H,4-13,16-17,31-32,34,36-37H2,1-3H3,(H,53,57). The number of aliphatic hydroxyl groups is 1. The highest BCUT2D eigenvalue weighted by Gasteiger charge is 2.39. The summed E-state index contributed by atoms with van der Waals surface area (Å²) in [6.07, 6.45) is 16.3. The van der Waals surface area contributed by atoms with Gasteiger partial charge in [0.1, 0.15) is 5.69 Å². The normalized spacial score (nSPS) is 18.1. The van der Waals surface area contributed by atoms with Crippen molar-refractivity contribution >= 4 is 16.9 Å². The summed E-state index contributed by atoms with van der Waals surface area (Å²) in [4.78, 5) is 24.5. The van der Waals surface area contributed by atoms with Crippen molar-refractivity contribution in [1.82, 2.24) is 20.2 Å². The highest BCUT2D eigenvalue weighted by Crippen LogP contribution is 2.42. The number of aromatic nitrogens is 2. The van der Waals surface area contributed by atoms with Crippen LogP contribution in [0.1, 0.15) is 143 Å². The lowest BCUT2D eigenvalue weighted by molar-refractivity contribution is -0.276. The predicted octanol–water partition coefficient (Wildman–Crippen LogP) is 11.5. The van der Waals surface area contributed by atoms with Gasteiger partial charge in [0.05, 0.1) is 36.0 Å². The average Bonchev–Trinajstić information content (AvgIpc) is 3.28. The third-order valence-electron chi connectivity index (χ3n) is 11.8. The van der Waals surface area contributed by atoms with Crippen LogP contribution in [0, 0.1) is 5.92 Å². The molecule has 1 aliphatic heterocycles. The molecular weight excluding hydrogens is 733 g/mol. The monoisotopic (exact) mass is 799 g/mol. The Labute approximate surface area is 352 Å². The minimum Gasteiger partial charge on any atom is -0.392 e. The Balaban J connectivity index is 1.14. The van der Waals surface area contributed by atoms with Crippen molar-refractivity contribution in [3.05, 3.63) is 131 Å². The first kappa shape index (κ1) is 44.1. The highest BCUT2D eigenvalue weighted by molar-refractivity contribution is 5.93. The molecule has 59 heavy (non-hydrogen) atoms. The number of carbonyl (C=O) groups is 1. The summed E-state index contributed by atoms with van der Waals surface area (Å²) in [5, 5.41) is 12.8. The second kappa shape index (κ2) is 23.4. The van der Waals surface area contributed by atoms with Crippen molar-refractivity contribution in [1.29, 1.82) is 0 Å².